The summed E-state index contributed by atoms with van der Waals surface area (Å²) in [6.45, 7) is 7.19. The van der Waals surface area contributed by atoms with Crippen LogP contribution in [0.4, 0.5) is 24.8 Å². The lowest BCUT2D eigenvalue weighted by atomic mass is 9.83. The zero-order valence-electron chi connectivity index (χ0n) is 20.0. The molecule has 2 aromatic rings. The van der Waals surface area contributed by atoms with Gasteiger partial charge in [0.1, 0.15) is 17.4 Å². The van der Waals surface area contributed by atoms with E-state index in [9.17, 15) is 13.2 Å². The number of aliphatic imine (C=N–C) groups is 1. The Labute approximate surface area is 198 Å². The van der Waals surface area contributed by atoms with Gasteiger partial charge in [-0.15, -0.1) is 0 Å². The van der Waals surface area contributed by atoms with Crippen molar-refractivity contribution in [3.05, 3.63) is 53.9 Å². The highest BCUT2D eigenvalue weighted by atomic mass is 19.3. The first-order chi connectivity index (χ1) is 16.2. The second kappa shape index (κ2) is 12.2. The number of alkyl halides is 2. The van der Waals surface area contributed by atoms with Gasteiger partial charge in [0, 0.05) is 24.9 Å². The fourth-order valence-electron chi connectivity index (χ4n) is 3.37. The number of aromatic nitrogens is 1. The lowest BCUT2D eigenvalue weighted by Crippen LogP contribution is -2.37. The fraction of sp³-hybridized carbons (Fsp3) is 0.400. The number of ether oxygens (including phenoxy) is 1. The van der Waals surface area contributed by atoms with Gasteiger partial charge < -0.3 is 20.8 Å². The molecule has 9 heteroatoms. The van der Waals surface area contributed by atoms with Crippen molar-refractivity contribution in [2.24, 2.45) is 16.1 Å². The van der Waals surface area contributed by atoms with Crippen LogP contribution in [0.3, 0.4) is 0 Å². The lowest BCUT2D eigenvalue weighted by Gasteiger charge is -2.37. The maximum absolute atomic E-state index is 14.3. The molecule has 0 unspecified atom stereocenters. The number of pyridine rings is 1. The summed E-state index contributed by atoms with van der Waals surface area (Å²) in [5.74, 6) is -0.142. The third kappa shape index (κ3) is 7.60. The average molecular weight is 476 g/mol. The quantitative estimate of drug-likeness (QED) is 0.369. The normalized spacial score (nSPS) is 16.1. The Hall–Kier alpha value is -3.36. The first-order valence-corrected chi connectivity index (χ1v) is 11.2. The van der Waals surface area contributed by atoms with Gasteiger partial charge in [-0.05, 0) is 54.2 Å². The number of halogens is 3. The van der Waals surface area contributed by atoms with E-state index in [1.165, 1.54) is 36.4 Å². The number of amidine groups is 1. The molecule has 1 aliphatic rings. The number of anilines is 1. The molecule has 0 amide bonds. The molecular formula is C25H32F3N5O. The number of hydrogen-bond donors (Lipinski definition) is 2. The number of piperidine rings is 1. The van der Waals surface area contributed by atoms with Gasteiger partial charge in [0.05, 0.1) is 0 Å². The average Bonchev–Trinajstić information content (AvgIpc) is 2.80. The van der Waals surface area contributed by atoms with Crippen molar-refractivity contribution in [1.82, 2.24) is 4.98 Å². The van der Waals surface area contributed by atoms with Crippen molar-refractivity contribution < 1.29 is 17.9 Å². The molecule has 34 heavy (non-hydrogen) atoms. The van der Waals surface area contributed by atoms with E-state index in [4.69, 9.17) is 11.1 Å². The highest BCUT2D eigenvalue weighted by molar-refractivity contribution is 6.15. The number of nitrogens with zero attached hydrogens (tertiary/aromatic N) is 3. The van der Waals surface area contributed by atoms with Crippen LogP contribution in [0.5, 0.6) is 5.75 Å². The maximum atomic E-state index is 14.3. The summed E-state index contributed by atoms with van der Waals surface area (Å²) in [5.41, 5.74) is 7.16. The van der Waals surface area contributed by atoms with Crippen LogP contribution < -0.4 is 15.4 Å². The third-order valence-electron chi connectivity index (χ3n) is 5.36. The van der Waals surface area contributed by atoms with E-state index in [2.05, 4.69) is 33.5 Å². The second-order valence-corrected chi connectivity index (χ2v) is 8.31. The van der Waals surface area contributed by atoms with Gasteiger partial charge in [0.25, 0.3) is 0 Å². The minimum Gasteiger partial charge on any atom is -0.435 e. The van der Waals surface area contributed by atoms with E-state index in [-0.39, 0.29) is 22.8 Å². The Morgan fingerprint density at radius 1 is 1.15 bits per heavy atom. The first kappa shape index (κ1) is 26.9. The van der Waals surface area contributed by atoms with Crippen molar-refractivity contribution in [3.63, 3.8) is 0 Å². The molecule has 1 aromatic heterocycles. The molecule has 0 atom stereocenters. The van der Waals surface area contributed by atoms with Crippen LogP contribution in [0.2, 0.25) is 0 Å². The second-order valence-electron chi connectivity index (χ2n) is 8.31. The molecule has 2 heterocycles. The molecule has 184 valence electrons. The van der Waals surface area contributed by atoms with Gasteiger partial charge in [0.2, 0.25) is 0 Å². The van der Waals surface area contributed by atoms with E-state index in [1.807, 2.05) is 13.8 Å². The van der Waals surface area contributed by atoms with Gasteiger partial charge in [-0.25, -0.2) is 14.4 Å². The van der Waals surface area contributed by atoms with Crippen LogP contribution in [-0.2, 0) is 0 Å². The number of nitrogens with one attached hydrogen (secondary N) is 1. The molecule has 1 fully saturated rings. The number of hydrogen-bond acceptors (Lipinski definition) is 5. The van der Waals surface area contributed by atoms with Crippen molar-refractivity contribution >= 4 is 29.3 Å². The Morgan fingerprint density at radius 2 is 1.76 bits per heavy atom. The minimum absolute atomic E-state index is 0.00101. The summed E-state index contributed by atoms with van der Waals surface area (Å²) >= 11 is 0. The highest BCUT2D eigenvalue weighted by Crippen LogP contribution is 2.32. The fourth-order valence-corrected chi connectivity index (χ4v) is 3.37. The van der Waals surface area contributed by atoms with Crippen LogP contribution >= 0.6 is 0 Å². The minimum atomic E-state index is -2.92. The summed E-state index contributed by atoms with van der Waals surface area (Å²) in [6, 6.07) is 8.69. The molecule has 1 aromatic carbocycles. The van der Waals surface area contributed by atoms with Crippen molar-refractivity contribution in [1.29, 1.82) is 5.41 Å². The zero-order valence-corrected chi connectivity index (χ0v) is 20.0. The van der Waals surface area contributed by atoms with Crippen LogP contribution in [0.1, 0.15) is 46.1 Å². The molecule has 0 spiro atoms. The van der Waals surface area contributed by atoms with Crippen LogP contribution in [0, 0.1) is 16.6 Å². The summed E-state index contributed by atoms with van der Waals surface area (Å²) in [5, 5.41) is 7.63. The standard InChI is InChI=1S/C23H26F3N5O.C2H6/c1-23(2)9-11-31(12-10-23)20-8-7-18(24)21(30-20)29-19(28)13-16(14-27)15-3-5-17(6-4-15)32-22(25)26;1-2/h3-8,13-14,22,27H,9-12H2,1-2H3,(H2,28,29,30);1-2H3/b16-13+,27-14?;. The molecule has 0 bridgehead atoms. The van der Waals surface area contributed by atoms with E-state index in [0.717, 1.165) is 32.1 Å². The molecular weight excluding hydrogens is 443 g/mol. The topological polar surface area (TPSA) is 87.6 Å². The lowest BCUT2D eigenvalue weighted by molar-refractivity contribution is -0.0498. The molecule has 1 saturated heterocycles. The number of rotatable bonds is 7. The van der Waals surface area contributed by atoms with Crippen molar-refractivity contribution in [2.45, 2.75) is 47.1 Å². The zero-order chi connectivity index (χ0) is 25.3. The predicted octanol–water partition coefficient (Wildman–Crippen LogP) is 6.20. The largest absolute Gasteiger partial charge is 0.435 e. The Kier molecular flexibility index (Phi) is 9.65. The maximum Gasteiger partial charge on any atom is 0.387 e. The van der Waals surface area contributed by atoms with Crippen LogP contribution in [-0.4, -0.2) is 36.7 Å². The molecule has 3 N–H and O–H groups in total. The molecule has 1 aliphatic heterocycles. The Bertz CT molecular complexity index is 1010. The summed E-state index contributed by atoms with van der Waals surface area (Å²) < 4.78 is 43.2. The summed E-state index contributed by atoms with van der Waals surface area (Å²) in [7, 11) is 0. The highest BCUT2D eigenvalue weighted by Gasteiger charge is 2.26. The van der Waals surface area contributed by atoms with Gasteiger partial charge >= 0.3 is 6.61 Å². The summed E-state index contributed by atoms with van der Waals surface area (Å²) in [6.07, 6.45) is 4.47. The van der Waals surface area contributed by atoms with Crippen molar-refractivity contribution in [2.75, 3.05) is 18.0 Å². The summed E-state index contributed by atoms with van der Waals surface area (Å²) in [4.78, 5) is 10.5. The monoisotopic (exact) mass is 475 g/mol. The van der Waals surface area contributed by atoms with E-state index >= 15 is 0 Å². The van der Waals surface area contributed by atoms with Crippen LogP contribution in [0.15, 0.2) is 47.5 Å². The SMILES string of the molecule is CC.CC1(C)CCN(c2ccc(F)c(/N=C(N)/C=C(\C=N)c3ccc(OC(F)F)cc3)n2)CC1. The number of nitrogens with two attached hydrogens (primary N) is 1. The van der Waals surface area contributed by atoms with Gasteiger partial charge in [0.15, 0.2) is 11.6 Å². The van der Waals surface area contributed by atoms with Gasteiger partial charge in [-0.3, -0.25) is 0 Å². The first-order valence-electron chi connectivity index (χ1n) is 11.2. The van der Waals surface area contributed by atoms with Gasteiger partial charge in [-0.1, -0.05) is 39.8 Å². The molecule has 0 aliphatic carbocycles. The molecule has 6 nitrogen and oxygen atoms in total. The smallest absolute Gasteiger partial charge is 0.387 e. The van der Waals surface area contributed by atoms with Crippen molar-refractivity contribution in [3.8, 4) is 5.75 Å². The van der Waals surface area contributed by atoms with Crippen LogP contribution in [0.25, 0.3) is 5.57 Å². The number of allylic oxidation sites excluding steroid dienone is 1. The van der Waals surface area contributed by atoms with E-state index < -0.39 is 12.4 Å². The van der Waals surface area contributed by atoms with E-state index in [1.54, 1.807) is 6.07 Å². The molecule has 0 saturated carbocycles. The Balaban J connectivity index is 0.00000199. The molecule has 0 radical (unpaired) electrons. The van der Waals surface area contributed by atoms with Gasteiger partial charge in [-0.2, -0.15) is 8.78 Å². The molecule has 3 rings (SSSR count). The predicted molar refractivity (Wildman–Crippen MR) is 132 cm³/mol. The number of benzene rings is 1. The third-order valence-corrected chi connectivity index (χ3v) is 5.36. The Morgan fingerprint density at radius 3 is 2.32 bits per heavy atom. The van der Waals surface area contributed by atoms with E-state index in [0.29, 0.717) is 17.0 Å².